The van der Waals surface area contributed by atoms with Crippen LogP contribution in [0.2, 0.25) is 0 Å². The van der Waals surface area contributed by atoms with Gasteiger partial charge in [0.05, 0.1) is 0 Å². The predicted molar refractivity (Wildman–Crippen MR) is 140 cm³/mol. The van der Waals surface area contributed by atoms with Gasteiger partial charge < -0.3 is 0 Å². The van der Waals surface area contributed by atoms with Gasteiger partial charge in [0.15, 0.2) is 0 Å². The Morgan fingerprint density at radius 3 is 2.10 bits per heavy atom. The molecule has 0 fully saturated rings. The van der Waals surface area contributed by atoms with E-state index in [9.17, 15) is 4.39 Å². The van der Waals surface area contributed by atoms with E-state index in [4.69, 9.17) is 0 Å². The first-order chi connectivity index (χ1) is 14.7. The summed E-state index contributed by atoms with van der Waals surface area (Å²) < 4.78 is 14.0. The highest BCUT2D eigenvalue weighted by Gasteiger charge is 2.07. The normalized spacial score (nSPS) is 11.0. The van der Waals surface area contributed by atoms with Crippen LogP contribution in [0.5, 0.6) is 0 Å². The van der Waals surface area contributed by atoms with Gasteiger partial charge in [0.2, 0.25) is 0 Å². The zero-order valence-corrected chi connectivity index (χ0v) is 20.9. The Kier molecular flexibility index (Phi) is 13.9. The Morgan fingerprint density at radius 2 is 1.61 bits per heavy atom. The number of rotatable bonds is 6. The summed E-state index contributed by atoms with van der Waals surface area (Å²) in [7, 11) is 0. The summed E-state index contributed by atoms with van der Waals surface area (Å²) in [6.07, 6.45) is 7.78. The minimum Gasteiger partial charge on any atom is -0.206 e. The summed E-state index contributed by atoms with van der Waals surface area (Å²) in [5, 5.41) is 0. The molecule has 1 heteroatoms. The number of halogens is 1. The SMILES string of the molecule is C=C/C=C\C(C)=C(/C)c1ccc(C(=C)C)cc1F.CC.CCc1ccc(C)c(CC)c1. The van der Waals surface area contributed by atoms with Gasteiger partial charge in [-0.2, -0.15) is 0 Å². The van der Waals surface area contributed by atoms with E-state index >= 15 is 0 Å². The highest BCUT2D eigenvalue weighted by atomic mass is 19.1. The third kappa shape index (κ3) is 9.34. The molecule has 0 saturated carbocycles. The van der Waals surface area contributed by atoms with E-state index in [1.807, 2.05) is 52.8 Å². The minimum absolute atomic E-state index is 0.209. The molecule has 0 atom stereocenters. The second kappa shape index (κ2) is 15.2. The van der Waals surface area contributed by atoms with Crippen molar-refractivity contribution >= 4 is 11.1 Å². The lowest BCUT2D eigenvalue weighted by atomic mass is 9.98. The first-order valence-electron chi connectivity index (χ1n) is 11.3. The molecule has 0 aliphatic heterocycles. The molecule has 0 radical (unpaired) electrons. The summed E-state index contributed by atoms with van der Waals surface area (Å²) in [6, 6.07) is 12.0. The van der Waals surface area contributed by atoms with Gasteiger partial charge >= 0.3 is 0 Å². The molecule has 0 spiro atoms. The Morgan fingerprint density at radius 1 is 0.968 bits per heavy atom. The number of allylic oxidation sites excluding steroid dienone is 6. The van der Waals surface area contributed by atoms with E-state index in [1.165, 1.54) is 22.8 Å². The van der Waals surface area contributed by atoms with Crippen LogP contribution in [0.4, 0.5) is 4.39 Å². The zero-order chi connectivity index (χ0) is 24.0. The van der Waals surface area contributed by atoms with E-state index in [2.05, 4.69) is 52.1 Å². The van der Waals surface area contributed by atoms with E-state index in [0.29, 0.717) is 5.56 Å². The molecule has 0 heterocycles. The Bertz CT molecular complexity index is 910. The molecule has 31 heavy (non-hydrogen) atoms. The average Bonchev–Trinajstić information content (AvgIpc) is 2.79. The Hall–Kier alpha value is -2.67. The van der Waals surface area contributed by atoms with Crippen molar-refractivity contribution in [3.63, 3.8) is 0 Å². The van der Waals surface area contributed by atoms with E-state index in [0.717, 1.165) is 35.1 Å². The van der Waals surface area contributed by atoms with Gasteiger partial charge in [0, 0.05) is 5.56 Å². The maximum Gasteiger partial charge on any atom is 0.131 e. The average molecular weight is 421 g/mol. The molecule has 2 aromatic rings. The van der Waals surface area contributed by atoms with Crippen molar-refractivity contribution in [2.45, 2.75) is 68.2 Å². The van der Waals surface area contributed by atoms with Gasteiger partial charge in [-0.15, -0.1) is 0 Å². The van der Waals surface area contributed by atoms with E-state index < -0.39 is 0 Å². The maximum atomic E-state index is 14.0. The fourth-order valence-electron chi connectivity index (χ4n) is 2.96. The van der Waals surface area contributed by atoms with Crippen LogP contribution in [-0.2, 0) is 12.8 Å². The van der Waals surface area contributed by atoms with Gasteiger partial charge in [0.25, 0.3) is 0 Å². The smallest absolute Gasteiger partial charge is 0.131 e. The summed E-state index contributed by atoms with van der Waals surface area (Å²) in [4.78, 5) is 0. The first-order valence-corrected chi connectivity index (χ1v) is 11.3. The van der Waals surface area contributed by atoms with Crippen LogP contribution < -0.4 is 0 Å². The highest BCUT2D eigenvalue weighted by Crippen LogP contribution is 2.24. The number of hydrogen-bond donors (Lipinski definition) is 0. The van der Waals surface area contributed by atoms with Crippen LogP contribution in [0.3, 0.4) is 0 Å². The second-order valence-corrected chi connectivity index (χ2v) is 7.35. The van der Waals surface area contributed by atoms with Crippen LogP contribution in [0, 0.1) is 12.7 Å². The molecule has 0 unspecified atom stereocenters. The molecule has 0 aliphatic carbocycles. The summed E-state index contributed by atoms with van der Waals surface area (Å²) in [6.45, 7) is 23.8. The van der Waals surface area contributed by atoms with Crippen LogP contribution in [0.1, 0.15) is 76.3 Å². The summed E-state index contributed by atoms with van der Waals surface area (Å²) in [5.41, 5.74) is 8.65. The third-order valence-electron chi connectivity index (χ3n) is 5.14. The van der Waals surface area contributed by atoms with Crippen LogP contribution in [0.25, 0.3) is 11.1 Å². The molecule has 0 saturated heterocycles. The lowest BCUT2D eigenvalue weighted by Crippen LogP contribution is -1.91. The predicted octanol–water partition coefficient (Wildman–Crippen LogP) is 9.54. The summed E-state index contributed by atoms with van der Waals surface area (Å²) in [5.74, 6) is -0.209. The third-order valence-corrected chi connectivity index (χ3v) is 5.14. The number of benzene rings is 2. The zero-order valence-electron chi connectivity index (χ0n) is 20.9. The van der Waals surface area contributed by atoms with Gasteiger partial charge in [0.1, 0.15) is 5.82 Å². The van der Waals surface area contributed by atoms with Gasteiger partial charge in [-0.05, 0) is 80.0 Å². The van der Waals surface area contributed by atoms with E-state index in [1.54, 1.807) is 12.1 Å². The summed E-state index contributed by atoms with van der Waals surface area (Å²) >= 11 is 0. The lowest BCUT2D eigenvalue weighted by Gasteiger charge is -2.08. The van der Waals surface area contributed by atoms with Crippen molar-refractivity contribution < 1.29 is 4.39 Å². The lowest BCUT2D eigenvalue weighted by molar-refractivity contribution is 0.623. The molecule has 0 aliphatic rings. The maximum absolute atomic E-state index is 14.0. The molecule has 0 nitrogen and oxygen atoms in total. The van der Waals surface area contributed by atoms with Crippen molar-refractivity contribution in [3.8, 4) is 0 Å². The van der Waals surface area contributed by atoms with Crippen molar-refractivity contribution in [1.29, 1.82) is 0 Å². The van der Waals surface area contributed by atoms with Crippen molar-refractivity contribution in [3.05, 3.63) is 107 Å². The van der Waals surface area contributed by atoms with Crippen molar-refractivity contribution in [1.82, 2.24) is 0 Å². The topological polar surface area (TPSA) is 0 Å². The van der Waals surface area contributed by atoms with Crippen LogP contribution >= 0.6 is 0 Å². The fourth-order valence-corrected chi connectivity index (χ4v) is 2.96. The molecule has 0 amide bonds. The van der Waals surface area contributed by atoms with Gasteiger partial charge in [-0.25, -0.2) is 4.39 Å². The molecule has 2 rings (SSSR count). The van der Waals surface area contributed by atoms with Crippen molar-refractivity contribution in [2.24, 2.45) is 0 Å². The molecule has 0 N–H and O–H groups in total. The largest absolute Gasteiger partial charge is 0.206 e. The van der Waals surface area contributed by atoms with E-state index in [-0.39, 0.29) is 5.82 Å². The second-order valence-electron chi connectivity index (χ2n) is 7.35. The fraction of sp³-hybridized carbons (Fsp3) is 0.333. The highest BCUT2D eigenvalue weighted by molar-refractivity contribution is 5.71. The molecule has 2 aromatic carbocycles. The molecule has 0 aromatic heterocycles. The monoisotopic (exact) mass is 420 g/mol. The van der Waals surface area contributed by atoms with Crippen LogP contribution in [-0.4, -0.2) is 0 Å². The number of aryl methyl sites for hydroxylation is 3. The quantitative estimate of drug-likeness (QED) is 0.408. The first kappa shape index (κ1) is 28.3. The van der Waals surface area contributed by atoms with Gasteiger partial charge in [-0.1, -0.05) is 95.0 Å². The number of hydrogen-bond acceptors (Lipinski definition) is 0. The van der Waals surface area contributed by atoms with Crippen LogP contribution in [0.15, 0.2) is 73.4 Å². The Balaban J connectivity index is 0.000000591. The molecular formula is C30H41F. The molecule has 0 bridgehead atoms. The standard InChI is InChI=1S/C17H19F.C11H16.C2H6/c1-6-7-8-13(4)14(5)16-10-9-15(12(2)3)11-17(16)18;1-4-10-7-6-9(3)11(5-2)8-10;1-2/h6-11H,1-2H2,3-5H3;6-8H,4-5H2,1-3H3;1-2H3/b8-7-,14-13+;;. The minimum atomic E-state index is -0.209. The van der Waals surface area contributed by atoms with Crippen molar-refractivity contribution in [2.75, 3.05) is 0 Å². The molecule has 168 valence electrons. The Labute approximate surface area is 190 Å². The van der Waals surface area contributed by atoms with Gasteiger partial charge in [-0.3, -0.25) is 0 Å². The molecular weight excluding hydrogens is 379 g/mol.